The predicted octanol–water partition coefficient (Wildman–Crippen LogP) is 20.7. The van der Waals surface area contributed by atoms with Crippen molar-refractivity contribution in [3.05, 3.63) is 109 Å². The van der Waals surface area contributed by atoms with Gasteiger partial charge in [-0.25, -0.2) is 0 Å². The number of unbranched alkanes of at least 4 members (excludes halogenated alkanes) is 25. The van der Waals surface area contributed by atoms with E-state index in [1.165, 1.54) is 141 Å². The van der Waals surface area contributed by atoms with Crippen LogP contribution in [0.3, 0.4) is 0 Å². The molecule has 0 N–H and O–H groups in total. The number of carbonyl (C=O) groups is 3. The molecule has 6 nitrogen and oxygen atoms in total. The van der Waals surface area contributed by atoms with E-state index in [9.17, 15) is 14.4 Å². The largest absolute Gasteiger partial charge is 0.462 e. The summed E-state index contributed by atoms with van der Waals surface area (Å²) in [7, 11) is 0. The van der Waals surface area contributed by atoms with Crippen molar-refractivity contribution in [3.63, 3.8) is 0 Å². The second-order valence-corrected chi connectivity index (χ2v) is 19.9. The summed E-state index contributed by atoms with van der Waals surface area (Å²) in [6.45, 7) is 6.42. The normalized spacial score (nSPS) is 12.9. The first kappa shape index (κ1) is 69.1. The fourth-order valence-corrected chi connectivity index (χ4v) is 8.20. The van der Waals surface area contributed by atoms with Crippen LogP contribution in [0.15, 0.2) is 109 Å². The fraction of sp³-hybridized carbons (Fsp3) is 0.687. The molecular weight excluding hydrogens is 901 g/mol. The second-order valence-electron chi connectivity index (χ2n) is 19.9. The summed E-state index contributed by atoms with van der Waals surface area (Å²) in [5, 5.41) is 0. The van der Waals surface area contributed by atoms with Crippen molar-refractivity contribution in [1.29, 1.82) is 0 Å². The standard InChI is InChI=1S/C67H112O6/c1-4-7-10-13-16-19-22-25-27-29-31-32-33-34-36-37-39-42-45-48-51-54-57-60-66(69)72-63-64(62-71-65(68)59-56-53-50-47-44-41-24-21-18-15-12-9-6-3)73-67(70)61-58-55-52-49-46-43-40-38-35-30-28-26-23-20-17-14-11-8-5-2/h9,12,17-18,20-22,25-26,28-29,31,33-34,41,44,50,53,64H,4-8,10-11,13-16,19,23-24,27,30,32,35-40,42-43,45-49,51-52,54-63H2,1-3H3/b12-9-,20-17-,21-18-,25-22-,28-26-,31-29-,34-33-,44-41-,53-50-. The van der Waals surface area contributed by atoms with E-state index >= 15 is 0 Å². The van der Waals surface area contributed by atoms with Gasteiger partial charge in [-0.05, 0) is 116 Å². The van der Waals surface area contributed by atoms with E-state index in [1.54, 1.807) is 0 Å². The van der Waals surface area contributed by atoms with Crippen molar-refractivity contribution in [2.24, 2.45) is 0 Å². The van der Waals surface area contributed by atoms with Gasteiger partial charge < -0.3 is 14.2 Å². The summed E-state index contributed by atoms with van der Waals surface area (Å²) < 4.78 is 16.8. The monoisotopic (exact) mass is 1010 g/mol. The maximum Gasteiger partial charge on any atom is 0.306 e. The minimum absolute atomic E-state index is 0.107. The molecule has 0 saturated heterocycles. The zero-order valence-electron chi connectivity index (χ0n) is 47.6. The first-order chi connectivity index (χ1) is 36.0. The van der Waals surface area contributed by atoms with Crippen LogP contribution in [0.25, 0.3) is 0 Å². The topological polar surface area (TPSA) is 78.9 Å². The van der Waals surface area contributed by atoms with Crippen LogP contribution >= 0.6 is 0 Å². The molecule has 0 aromatic carbocycles. The molecule has 0 spiro atoms. The highest BCUT2D eigenvalue weighted by atomic mass is 16.6. The van der Waals surface area contributed by atoms with Crippen LogP contribution in [-0.4, -0.2) is 37.2 Å². The molecular formula is C67H112O6. The average Bonchev–Trinajstić information content (AvgIpc) is 3.39. The Morgan fingerprint density at radius 2 is 0.562 bits per heavy atom. The molecule has 0 heterocycles. The van der Waals surface area contributed by atoms with Crippen LogP contribution in [-0.2, 0) is 28.6 Å². The minimum atomic E-state index is -0.815. The Morgan fingerprint density at radius 3 is 0.945 bits per heavy atom. The van der Waals surface area contributed by atoms with Gasteiger partial charge in [-0.15, -0.1) is 0 Å². The molecule has 0 aromatic heterocycles. The quantitative estimate of drug-likeness (QED) is 0.0261. The third-order valence-electron chi connectivity index (χ3n) is 12.7. The fourth-order valence-electron chi connectivity index (χ4n) is 8.20. The lowest BCUT2D eigenvalue weighted by Gasteiger charge is -2.18. The highest BCUT2D eigenvalue weighted by Crippen LogP contribution is 2.15. The molecule has 0 aliphatic heterocycles. The van der Waals surface area contributed by atoms with Crippen molar-refractivity contribution in [2.75, 3.05) is 13.2 Å². The average molecular weight is 1010 g/mol. The summed E-state index contributed by atoms with van der Waals surface area (Å²) in [4.78, 5) is 38.2. The van der Waals surface area contributed by atoms with E-state index in [-0.39, 0.29) is 37.5 Å². The van der Waals surface area contributed by atoms with Crippen molar-refractivity contribution in [1.82, 2.24) is 0 Å². The molecule has 0 saturated carbocycles. The second kappa shape index (κ2) is 60.6. The maximum absolute atomic E-state index is 12.9. The van der Waals surface area contributed by atoms with Gasteiger partial charge in [0.15, 0.2) is 6.10 Å². The molecule has 0 radical (unpaired) electrons. The Hall–Kier alpha value is -3.93. The third kappa shape index (κ3) is 58.8. The first-order valence-electron chi connectivity index (χ1n) is 30.4. The van der Waals surface area contributed by atoms with Gasteiger partial charge in [0.25, 0.3) is 0 Å². The summed E-state index contributed by atoms with van der Waals surface area (Å²) >= 11 is 0. The zero-order chi connectivity index (χ0) is 52.9. The Morgan fingerprint density at radius 1 is 0.288 bits per heavy atom. The molecule has 0 rings (SSSR count). The Kier molecular flexibility index (Phi) is 57.4. The van der Waals surface area contributed by atoms with Crippen LogP contribution in [0.5, 0.6) is 0 Å². The van der Waals surface area contributed by atoms with E-state index in [0.717, 1.165) is 89.9 Å². The van der Waals surface area contributed by atoms with Gasteiger partial charge in [0.05, 0.1) is 0 Å². The van der Waals surface area contributed by atoms with Crippen molar-refractivity contribution in [3.8, 4) is 0 Å². The number of hydrogen-bond donors (Lipinski definition) is 0. The Balaban J connectivity index is 4.42. The van der Waals surface area contributed by atoms with Gasteiger partial charge in [-0.3, -0.25) is 14.4 Å². The van der Waals surface area contributed by atoms with E-state index < -0.39 is 6.10 Å². The molecule has 0 aromatic rings. The lowest BCUT2D eigenvalue weighted by molar-refractivity contribution is -0.166. The molecule has 1 unspecified atom stereocenters. The molecule has 0 aliphatic carbocycles. The summed E-state index contributed by atoms with van der Waals surface area (Å²) in [6, 6.07) is 0. The molecule has 0 fully saturated rings. The molecule has 0 bridgehead atoms. The Bertz CT molecular complexity index is 1490. The number of carbonyl (C=O) groups excluding carboxylic acids is 3. The molecule has 416 valence electrons. The van der Waals surface area contributed by atoms with E-state index in [1.807, 2.05) is 6.08 Å². The maximum atomic E-state index is 12.9. The summed E-state index contributed by atoms with van der Waals surface area (Å²) in [5.41, 5.74) is 0. The van der Waals surface area contributed by atoms with Crippen LogP contribution in [0.2, 0.25) is 0 Å². The van der Waals surface area contributed by atoms with Crippen LogP contribution in [0, 0.1) is 0 Å². The van der Waals surface area contributed by atoms with Gasteiger partial charge in [-0.2, -0.15) is 0 Å². The molecule has 73 heavy (non-hydrogen) atoms. The molecule has 6 heteroatoms. The number of ether oxygens (including phenoxy) is 3. The van der Waals surface area contributed by atoms with Crippen LogP contribution in [0.1, 0.15) is 278 Å². The third-order valence-corrected chi connectivity index (χ3v) is 12.7. The molecule has 0 amide bonds. The van der Waals surface area contributed by atoms with E-state index in [4.69, 9.17) is 14.2 Å². The number of allylic oxidation sites excluding steroid dienone is 18. The van der Waals surface area contributed by atoms with Gasteiger partial charge in [0.1, 0.15) is 13.2 Å². The summed E-state index contributed by atoms with van der Waals surface area (Å²) in [6.07, 6.45) is 82.4. The van der Waals surface area contributed by atoms with Crippen LogP contribution in [0.4, 0.5) is 0 Å². The smallest absolute Gasteiger partial charge is 0.306 e. The highest BCUT2D eigenvalue weighted by molar-refractivity contribution is 5.71. The predicted molar refractivity (Wildman–Crippen MR) is 316 cm³/mol. The lowest BCUT2D eigenvalue weighted by Crippen LogP contribution is -2.30. The van der Waals surface area contributed by atoms with E-state index in [0.29, 0.717) is 19.3 Å². The van der Waals surface area contributed by atoms with Crippen molar-refractivity contribution in [2.45, 2.75) is 284 Å². The SMILES string of the molecule is CC/C=C\C/C=C\C/C=C\C/C=C\CCC(=O)OCC(COC(=O)CCCCCCCCCC/C=C\C/C=C\C/C=C\CCCCCCC)OC(=O)CCCCCCCCCCC/C=C\C/C=C\CCCCC. The van der Waals surface area contributed by atoms with Gasteiger partial charge in [-0.1, -0.05) is 252 Å². The lowest BCUT2D eigenvalue weighted by atomic mass is 10.1. The highest BCUT2D eigenvalue weighted by Gasteiger charge is 2.19. The van der Waals surface area contributed by atoms with Crippen molar-refractivity contribution >= 4 is 17.9 Å². The van der Waals surface area contributed by atoms with Crippen LogP contribution < -0.4 is 0 Å². The number of esters is 3. The number of hydrogen-bond acceptors (Lipinski definition) is 6. The van der Waals surface area contributed by atoms with Gasteiger partial charge >= 0.3 is 17.9 Å². The Labute approximate surface area is 450 Å². The van der Waals surface area contributed by atoms with Crippen molar-refractivity contribution < 1.29 is 28.6 Å². The number of rotatable bonds is 54. The van der Waals surface area contributed by atoms with E-state index in [2.05, 4.69) is 124 Å². The molecule has 1 atom stereocenters. The minimum Gasteiger partial charge on any atom is -0.462 e. The molecule has 0 aliphatic rings. The summed E-state index contributed by atoms with van der Waals surface area (Å²) in [5.74, 6) is -1.000. The first-order valence-corrected chi connectivity index (χ1v) is 30.4. The van der Waals surface area contributed by atoms with Gasteiger partial charge in [0.2, 0.25) is 0 Å². The zero-order valence-corrected chi connectivity index (χ0v) is 47.6. The van der Waals surface area contributed by atoms with Gasteiger partial charge in [0, 0.05) is 19.3 Å².